The lowest BCUT2D eigenvalue weighted by molar-refractivity contribution is -0.113. The van der Waals surface area contributed by atoms with E-state index in [4.69, 9.17) is 0 Å². The van der Waals surface area contributed by atoms with Crippen molar-refractivity contribution in [2.24, 2.45) is 0 Å². The second-order valence-electron chi connectivity index (χ2n) is 5.61. The third-order valence-electron chi connectivity index (χ3n) is 3.44. The molecule has 1 amide bonds. The zero-order valence-corrected chi connectivity index (χ0v) is 14.1. The van der Waals surface area contributed by atoms with E-state index in [1.165, 1.54) is 12.1 Å². The summed E-state index contributed by atoms with van der Waals surface area (Å²) in [5.41, 5.74) is 2.87. The van der Waals surface area contributed by atoms with Gasteiger partial charge >= 0.3 is 0 Å². The lowest BCUT2D eigenvalue weighted by atomic mass is 9.98. The highest BCUT2D eigenvalue weighted by Gasteiger charge is 2.13. The maximum absolute atomic E-state index is 13.6. The van der Waals surface area contributed by atoms with Gasteiger partial charge in [-0.2, -0.15) is 0 Å². The number of hydrogen-bond donors (Lipinski definition) is 1. The highest BCUT2D eigenvalue weighted by Crippen LogP contribution is 2.28. The normalized spacial score (nSPS) is 10.9. The third-order valence-corrected chi connectivity index (χ3v) is 4.49. The number of benzene rings is 2. The van der Waals surface area contributed by atoms with Crippen LogP contribution >= 0.6 is 11.8 Å². The SMILES string of the molecule is Cc1cccc(C(C)C)c1NC(=O)CSc1ccc(F)cc1F. The molecule has 0 heterocycles. The fourth-order valence-electron chi connectivity index (χ4n) is 2.25. The van der Waals surface area contributed by atoms with Crippen LogP contribution in [0.2, 0.25) is 0 Å². The van der Waals surface area contributed by atoms with Gasteiger partial charge in [-0.1, -0.05) is 32.0 Å². The lowest BCUT2D eigenvalue weighted by Gasteiger charge is -2.16. The number of halogens is 2. The summed E-state index contributed by atoms with van der Waals surface area (Å²) >= 11 is 1.05. The van der Waals surface area contributed by atoms with E-state index in [-0.39, 0.29) is 22.5 Å². The molecule has 0 saturated heterocycles. The molecule has 0 radical (unpaired) electrons. The van der Waals surface area contributed by atoms with Crippen LogP contribution in [-0.2, 0) is 4.79 Å². The van der Waals surface area contributed by atoms with Gasteiger partial charge in [0.25, 0.3) is 0 Å². The van der Waals surface area contributed by atoms with Crippen molar-refractivity contribution < 1.29 is 13.6 Å². The molecule has 0 unspecified atom stereocenters. The largest absolute Gasteiger partial charge is 0.325 e. The summed E-state index contributed by atoms with van der Waals surface area (Å²) in [4.78, 5) is 12.4. The van der Waals surface area contributed by atoms with Gasteiger partial charge in [-0.3, -0.25) is 4.79 Å². The van der Waals surface area contributed by atoms with Crippen LogP contribution in [-0.4, -0.2) is 11.7 Å². The number of rotatable bonds is 5. The van der Waals surface area contributed by atoms with Crippen LogP contribution in [0.4, 0.5) is 14.5 Å². The van der Waals surface area contributed by atoms with Crippen LogP contribution in [0, 0.1) is 18.6 Å². The smallest absolute Gasteiger partial charge is 0.234 e. The minimum absolute atomic E-state index is 0.0639. The Hall–Kier alpha value is -1.88. The Morgan fingerprint density at radius 2 is 1.96 bits per heavy atom. The summed E-state index contributed by atoms with van der Waals surface area (Å²) in [6, 6.07) is 9.23. The van der Waals surface area contributed by atoms with E-state index in [1.807, 2.05) is 25.1 Å². The first-order chi connectivity index (χ1) is 10.9. The van der Waals surface area contributed by atoms with E-state index in [1.54, 1.807) is 0 Å². The molecule has 2 rings (SSSR count). The third kappa shape index (κ3) is 4.55. The summed E-state index contributed by atoms with van der Waals surface area (Å²) in [5, 5.41) is 2.90. The molecule has 0 saturated carbocycles. The van der Waals surface area contributed by atoms with E-state index in [0.717, 1.165) is 34.6 Å². The first-order valence-corrected chi connectivity index (χ1v) is 8.34. The average molecular weight is 335 g/mol. The van der Waals surface area contributed by atoms with Gasteiger partial charge in [-0.25, -0.2) is 8.78 Å². The molecule has 0 atom stereocenters. The molecule has 2 nitrogen and oxygen atoms in total. The molecular weight excluding hydrogens is 316 g/mol. The Labute approximate surface area is 139 Å². The Morgan fingerprint density at radius 1 is 1.22 bits per heavy atom. The molecule has 0 spiro atoms. The predicted octanol–water partition coefficient (Wildman–Crippen LogP) is 5.13. The fraction of sp³-hybridized carbons (Fsp3) is 0.278. The van der Waals surface area contributed by atoms with Crippen LogP contribution in [0.5, 0.6) is 0 Å². The van der Waals surface area contributed by atoms with E-state index in [9.17, 15) is 13.6 Å². The molecule has 0 bridgehead atoms. The summed E-state index contributed by atoms with van der Waals surface area (Å²) in [6.07, 6.45) is 0. The van der Waals surface area contributed by atoms with Crippen molar-refractivity contribution in [1.29, 1.82) is 0 Å². The maximum Gasteiger partial charge on any atom is 0.234 e. The highest BCUT2D eigenvalue weighted by molar-refractivity contribution is 8.00. The van der Waals surface area contributed by atoms with Crippen LogP contribution < -0.4 is 5.32 Å². The molecule has 0 aliphatic rings. The summed E-state index contributed by atoms with van der Waals surface area (Å²) in [6.45, 7) is 6.06. The number of hydrogen-bond acceptors (Lipinski definition) is 2. The fourth-order valence-corrected chi connectivity index (χ4v) is 2.97. The van der Waals surface area contributed by atoms with Crippen LogP contribution in [0.15, 0.2) is 41.3 Å². The van der Waals surface area contributed by atoms with E-state index in [0.29, 0.717) is 0 Å². The topological polar surface area (TPSA) is 29.1 Å². The molecule has 23 heavy (non-hydrogen) atoms. The van der Waals surface area contributed by atoms with Gasteiger partial charge in [-0.15, -0.1) is 11.8 Å². The highest BCUT2D eigenvalue weighted by atomic mass is 32.2. The Balaban J connectivity index is 2.06. The van der Waals surface area contributed by atoms with E-state index in [2.05, 4.69) is 19.2 Å². The monoisotopic (exact) mass is 335 g/mol. The molecule has 1 N–H and O–H groups in total. The summed E-state index contributed by atoms with van der Waals surface area (Å²) in [7, 11) is 0. The van der Waals surface area contributed by atoms with Gasteiger partial charge in [-0.05, 0) is 36.1 Å². The second kappa shape index (κ2) is 7.59. The Bertz CT molecular complexity index is 716. The Kier molecular flexibility index (Phi) is 5.77. The Morgan fingerprint density at radius 3 is 2.61 bits per heavy atom. The van der Waals surface area contributed by atoms with Crippen molar-refractivity contribution in [1.82, 2.24) is 0 Å². The zero-order valence-electron chi connectivity index (χ0n) is 13.3. The molecule has 5 heteroatoms. The first-order valence-electron chi connectivity index (χ1n) is 7.35. The molecule has 2 aromatic carbocycles. The van der Waals surface area contributed by atoms with Crippen molar-refractivity contribution in [3.63, 3.8) is 0 Å². The molecule has 0 aliphatic carbocycles. The molecule has 2 aromatic rings. The number of anilines is 1. The molecule has 0 aromatic heterocycles. The average Bonchev–Trinajstić information content (AvgIpc) is 2.48. The lowest BCUT2D eigenvalue weighted by Crippen LogP contribution is -2.16. The summed E-state index contributed by atoms with van der Waals surface area (Å²) < 4.78 is 26.4. The van der Waals surface area contributed by atoms with Crippen LogP contribution in [0.3, 0.4) is 0 Å². The molecular formula is C18H19F2NOS. The number of amides is 1. The molecule has 0 aliphatic heterocycles. The van der Waals surface area contributed by atoms with Gasteiger partial charge in [0.1, 0.15) is 11.6 Å². The van der Waals surface area contributed by atoms with E-state index < -0.39 is 11.6 Å². The summed E-state index contributed by atoms with van der Waals surface area (Å²) in [5.74, 6) is -1.14. The van der Waals surface area contributed by atoms with Gasteiger partial charge in [0, 0.05) is 16.6 Å². The van der Waals surface area contributed by atoms with Crippen molar-refractivity contribution in [2.45, 2.75) is 31.6 Å². The minimum atomic E-state index is -0.651. The quantitative estimate of drug-likeness (QED) is 0.768. The maximum atomic E-state index is 13.6. The van der Waals surface area contributed by atoms with Gasteiger partial charge in [0.2, 0.25) is 5.91 Å². The van der Waals surface area contributed by atoms with Crippen molar-refractivity contribution in [3.8, 4) is 0 Å². The van der Waals surface area contributed by atoms with Crippen LogP contribution in [0.1, 0.15) is 30.9 Å². The van der Waals surface area contributed by atoms with Crippen molar-refractivity contribution in [2.75, 3.05) is 11.1 Å². The number of thioether (sulfide) groups is 1. The predicted molar refractivity (Wildman–Crippen MR) is 91.0 cm³/mol. The standard InChI is InChI=1S/C18H19F2NOS/c1-11(2)14-6-4-5-12(3)18(14)21-17(22)10-23-16-8-7-13(19)9-15(16)20/h4-9,11H,10H2,1-3H3,(H,21,22). The van der Waals surface area contributed by atoms with Gasteiger partial charge in [0.05, 0.1) is 5.75 Å². The minimum Gasteiger partial charge on any atom is -0.325 e. The number of carbonyl (C=O) groups is 1. The second-order valence-corrected chi connectivity index (χ2v) is 6.62. The molecule has 122 valence electrons. The molecule has 0 fully saturated rings. The number of nitrogens with one attached hydrogen (secondary N) is 1. The number of aryl methyl sites for hydroxylation is 1. The van der Waals surface area contributed by atoms with E-state index >= 15 is 0 Å². The van der Waals surface area contributed by atoms with Crippen LogP contribution in [0.25, 0.3) is 0 Å². The zero-order chi connectivity index (χ0) is 17.0. The van der Waals surface area contributed by atoms with Crippen molar-refractivity contribution in [3.05, 3.63) is 59.2 Å². The number of carbonyl (C=O) groups excluding carboxylic acids is 1. The first kappa shape index (κ1) is 17.5. The van der Waals surface area contributed by atoms with Gasteiger partial charge < -0.3 is 5.32 Å². The van der Waals surface area contributed by atoms with Crippen molar-refractivity contribution >= 4 is 23.4 Å². The van der Waals surface area contributed by atoms with Gasteiger partial charge in [0.15, 0.2) is 0 Å². The number of para-hydroxylation sites is 1.